The molecule has 2 fully saturated rings. The second-order valence-electron chi connectivity index (χ2n) is 8.00. The molecule has 0 amide bonds. The number of nitrogens with zero attached hydrogens (tertiary/aromatic N) is 5. The van der Waals surface area contributed by atoms with Crippen LogP contribution in [0.1, 0.15) is 50.6 Å². The van der Waals surface area contributed by atoms with Crippen LogP contribution < -0.4 is 5.32 Å². The Bertz CT molecular complexity index is 591. The van der Waals surface area contributed by atoms with Crippen molar-refractivity contribution in [2.24, 2.45) is 17.5 Å². The van der Waals surface area contributed by atoms with Crippen molar-refractivity contribution in [1.29, 1.82) is 0 Å². The van der Waals surface area contributed by atoms with E-state index in [0.29, 0.717) is 5.41 Å². The van der Waals surface area contributed by atoms with Gasteiger partial charge in [-0.15, -0.1) is 24.0 Å². The molecule has 1 aliphatic carbocycles. The Labute approximate surface area is 175 Å². The van der Waals surface area contributed by atoms with Gasteiger partial charge in [0.25, 0.3) is 0 Å². The lowest BCUT2D eigenvalue weighted by Crippen LogP contribution is -2.41. The maximum atomic E-state index is 5.01. The summed E-state index contributed by atoms with van der Waals surface area (Å²) < 4.78 is 1.87. The van der Waals surface area contributed by atoms with Crippen LogP contribution in [-0.2, 0) is 7.05 Å². The first-order valence-electron chi connectivity index (χ1n) is 9.71. The van der Waals surface area contributed by atoms with Crippen LogP contribution >= 0.6 is 24.0 Å². The number of nitrogens with one attached hydrogen (secondary N) is 1. The lowest BCUT2D eigenvalue weighted by molar-refractivity contribution is 0.300. The van der Waals surface area contributed by atoms with Gasteiger partial charge in [0.15, 0.2) is 5.96 Å². The molecule has 1 unspecified atom stereocenters. The lowest BCUT2D eigenvalue weighted by atomic mass is 9.86. The van der Waals surface area contributed by atoms with Crippen molar-refractivity contribution < 1.29 is 0 Å². The number of hydrogen-bond acceptors (Lipinski definition) is 3. The number of halogens is 1. The summed E-state index contributed by atoms with van der Waals surface area (Å²) >= 11 is 0. The number of hydrogen-bond donors (Lipinski definition) is 1. The van der Waals surface area contributed by atoms with Crippen LogP contribution in [0, 0.1) is 5.41 Å². The van der Waals surface area contributed by atoms with Crippen molar-refractivity contribution in [1.82, 2.24) is 24.9 Å². The standard InChI is InChI=1S/C19H34N6.HI/c1-5-20-18(25-11-10-19(15-25)8-6-7-9-19)21-13-17(23(2)3)16-12-22-24(4)14-16;/h12,14,17H,5-11,13,15H2,1-4H3,(H,20,21);1H. The molecule has 3 rings (SSSR count). The fourth-order valence-electron chi connectivity index (χ4n) is 4.43. The van der Waals surface area contributed by atoms with E-state index >= 15 is 0 Å². The molecule has 2 aliphatic rings. The Morgan fingerprint density at radius 3 is 2.65 bits per heavy atom. The molecule has 1 aromatic heterocycles. The Morgan fingerprint density at radius 2 is 2.08 bits per heavy atom. The molecule has 7 heteroatoms. The monoisotopic (exact) mass is 474 g/mol. The maximum absolute atomic E-state index is 5.01. The van der Waals surface area contributed by atoms with Gasteiger partial charge < -0.3 is 15.1 Å². The predicted octanol–water partition coefficient (Wildman–Crippen LogP) is 2.87. The highest BCUT2D eigenvalue weighted by atomic mass is 127. The molecule has 1 aliphatic heterocycles. The average Bonchev–Trinajstić information content (AvgIpc) is 3.30. The van der Waals surface area contributed by atoms with Gasteiger partial charge in [-0.25, -0.2) is 0 Å². The zero-order chi connectivity index (χ0) is 17.9. The molecule has 0 radical (unpaired) electrons. The van der Waals surface area contributed by atoms with Gasteiger partial charge in [0.05, 0.1) is 18.8 Å². The summed E-state index contributed by atoms with van der Waals surface area (Å²) in [7, 11) is 6.20. The summed E-state index contributed by atoms with van der Waals surface area (Å²) in [5.41, 5.74) is 1.79. The quantitative estimate of drug-likeness (QED) is 0.405. The summed E-state index contributed by atoms with van der Waals surface area (Å²) in [6.07, 6.45) is 11.0. The first kappa shape index (κ1) is 21.5. The zero-order valence-corrected chi connectivity index (χ0v) is 19.1. The predicted molar refractivity (Wildman–Crippen MR) is 118 cm³/mol. The van der Waals surface area contributed by atoms with Crippen molar-refractivity contribution in [3.63, 3.8) is 0 Å². The average molecular weight is 474 g/mol. The molecular formula is C19H35IN6. The van der Waals surface area contributed by atoms with Crippen LogP contribution in [0.15, 0.2) is 17.4 Å². The van der Waals surface area contributed by atoms with Crippen LogP contribution in [0.25, 0.3) is 0 Å². The van der Waals surface area contributed by atoms with Gasteiger partial charge in [-0.2, -0.15) is 5.10 Å². The normalized spacial score (nSPS) is 20.7. The van der Waals surface area contributed by atoms with E-state index in [4.69, 9.17) is 4.99 Å². The van der Waals surface area contributed by atoms with E-state index in [9.17, 15) is 0 Å². The Hall–Kier alpha value is -0.830. The Balaban J connectivity index is 0.00000243. The number of aromatic nitrogens is 2. The highest BCUT2D eigenvalue weighted by Gasteiger charge is 2.41. The van der Waals surface area contributed by atoms with E-state index in [1.165, 1.54) is 44.2 Å². The van der Waals surface area contributed by atoms with Gasteiger partial charge in [0.1, 0.15) is 0 Å². The van der Waals surface area contributed by atoms with Gasteiger partial charge in [0, 0.05) is 38.4 Å². The topological polar surface area (TPSA) is 48.7 Å². The fourth-order valence-corrected chi connectivity index (χ4v) is 4.43. The molecule has 1 aromatic rings. The summed E-state index contributed by atoms with van der Waals surface area (Å²) in [5, 5.41) is 7.84. The number of guanidine groups is 1. The molecule has 1 saturated carbocycles. The Morgan fingerprint density at radius 1 is 1.35 bits per heavy atom. The van der Waals surface area contributed by atoms with Gasteiger partial charge >= 0.3 is 0 Å². The van der Waals surface area contributed by atoms with Crippen molar-refractivity contribution in [3.05, 3.63) is 18.0 Å². The highest BCUT2D eigenvalue weighted by Crippen LogP contribution is 2.45. The van der Waals surface area contributed by atoms with E-state index in [1.54, 1.807) is 0 Å². The molecule has 1 saturated heterocycles. The molecule has 26 heavy (non-hydrogen) atoms. The minimum atomic E-state index is 0. The number of rotatable bonds is 5. The van der Waals surface area contributed by atoms with E-state index in [2.05, 4.69) is 47.4 Å². The SMILES string of the molecule is CCNC(=NCC(c1cnn(C)c1)N(C)C)N1CCC2(CCCC2)C1.I. The van der Waals surface area contributed by atoms with Gasteiger partial charge in [0.2, 0.25) is 0 Å². The van der Waals surface area contributed by atoms with Crippen LogP contribution in [0.4, 0.5) is 0 Å². The molecule has 1 spiro atoms. The molecule has 6 nitrogen and oxygen atoms in total. The van der Waals surface area contributed by atoms with Crippen molar-refractivity contribution in [2.75, 3.05) is 40.3 Å². The van der Waals surface area contributed by atoms with Crippen LogP contribution in [0.5, 0.6) is 0 Å². The number of aryl methyl sites for hydroxylation is 1. The summed E-state index contributed by atoms with van der Waals surface area (Å²) in [5.74, 6) is 1.09. The zero-order valence-electron chi connectivity index (χ0n) is 16.7. The molecule has 0 aromatic carbocycles. The maximum Gasteiger partial charge on any atom is 0.194 e. The molecule has 2 heterocycles. The summed E-state index contributed by atoms with van der Waals surface area (Å²) in [4.78, 5) is 9.73. The third-order valence-electron chi connectivity index (χ3n) is 5.88. The number of likely N-dealkylation sites (N-methyl/N-ethyl adjacent to an activating group) is 1. The number of likely N-dealkylation sites (tertiary alicyclic amines) is 1. The largest absolute Gasteiger partial charge is 0.357 e. The van der Waals surface area contributed by atoms with Gasteiger partial charge in [-0.05, 0) is 45.7 Å². The second-order valence-corrected chi connectivity index (χ2v) is 8.00. The summed E-state index contributed by atoms with van der Waals surface area (Å²) in [6, 6.07) is 0.255. The molecule has 0 bridgehead atoms. The van der Waals surface area contributed by atoms with Crippen LogP contribution in [0.2, 0.25) is 0 Å². The van der Waals surface area contributed by atoms with Crippen LogP contribution in [0.3, 0.4) is 0 Å². The van der Waals surface area contributed by atoms with E-state index in [0.717, 1.165) is 25.6 Å². The van der Waals surface area contributed by atoms with E-state index < -0.39 is 0 Å². The van der Waals surface area contributed by atoms with Crippen molar-refractivity contribution >= 4 is 29.9 Å². The molecule has 148 valence electrons. The molecule has 1 N–H and O–H groups in total. The fraction of sp³-hybridized carbons (Fsp3) is 0.789. The molecular weight excluding hydrogens is 439 g/mol. The first-order chi connectivity index (χ1) is 12.0. The second kappa shape index (κ2) is 9.39. The van der Waals surface area contributed by atoms with E-state index in [1.807, 2.05) is 17.9 Å². The smallest absolute Gasteiger partial charge is 0.194 e. The minimum absolute atomic E-state index is 0. The van der Waals surface area contributed by atoms with Gasteiger partial charge in [-0.3, -0.25) is 9.67 Å². The minimum Gasteiger partial charge on any atom is -0.357 e. The van der Waals surface area contributed by atoms with Crippen molar-refractivity contribution in [3.8, 4) is 0 Å². The molecule has 1 atom stereocenters. The first-order valence-corrected chi connectivity index (χ1v) is 9.71. The third-order valence-corrected chi connectivity index (χ3v) is 5.88. The third kappa shape index (κ3) is 4.91. The van der Waals surface area contributed by atoms with Crippen LogP contribution in [-0.4, -0.2) is 65.8 Å². The van der Waals surface area contributed by atoms with Crippen molar-refractivity contribution in [2.45, 2.75) is 45.1 Å². The van der Waals surface area contributed by atoms with Gasteiger partial charge in [-0.1, -0.05) is 12.8 Å². The Kier molecular flexibility index (Phi) is 7.76. The van der Waals surface area contributed by atoms with E-state index in [-0.39, 0.29) is 30.0 Å². The highest BCUT2D eigenvalue weighted by molar-refractivity contribution is 14.0. The number of aliphatic imine (C=N–C) groups is 1. The summed E-state index contributed by atoms with van der Waals surface area (Å²) in [6.45, 7) is 6.15. The lowest BCUT2D eigenvalue weighted by Gasteiger charge is -2.27.